The summed E-state index contributed by atoms with van der Waals surface area (Å²) >= 11 is 0. The van der Waals surface area contributed by atoms with Crippen LogP contribution in [0.4, 0.5) is 0 Å². The van der Waals surface area contributed by atoms with Crippen molar-refractivity contribution < 1.29 is 0 Å². The van der Waals surface area contributed by atoms with Crippen molar-refractivity contribution in [3.8, 4) is 22.4 Å². The van der Waals surface area contributed by atoms with Gasteiger partial charge in [-0.15, -0.1) is 0 Å². The Labute approximate surface area is 172 Å². The summed E-state index contributed by atoms with van der Waals surface area (Å²) in [4.78, 5) is 8.95. The summed E-state index contributed by atoms with van der Waals surface area (Å²) in [5, 5.41) is 0.964. The molecular weight excluding hydrogens is 351 g/mol. The predicted molar refractivity (Wildman–Crippen MR) is 124 cm³/mol. The van der Waals surface area contributed by atoms with E-state index in [2.05, 4.69) is 53.5 Å². The second kappa shape index (κ2) is 8.11. The van der Waals surface area contributed by atoms with E-state index in [1.165, 1.54) is 0 Å². The van der Waals surface area contributed by atoms with Crippen molar-refractivity contribution in [3.05, 3.63) is 110 Å². The molecule has 0 aliphatic rings. The smallest absolute Gasteiger partial charge is 0.170 e. The van der Waals surface area contributed by atoms with Crippen molar-refractivity contribution in [3.63, 3.8) is 0 Å². The van der Waals surface area contributed by atoms with Crippen LogP contribution in [0.1, 0.15) is 5.56 Å². The lowest BCUT2D eigenvalue weighted by Crippen LogP contribution is -2.14. The highest BCUT2D eigenvalue weighted by atomic mass is 14.9. The molecule has 0 saturated heterocycles. The van der Waals surface area contributed by atoms with E-state index in [1.54, 1.807) is 6.08 Å². The lowest BCUT2D eigenvalue weighted by molar-refractivity contribution is 1.30. The molecule has 0 fully saturated rings. The minimum Gasteiger partial charge on any atom is -0.245 e. The molecule has 2 nitrogen and oxygen atoms in total. The molecule has 3 heteroatoms. The zero-order valence-electron chi connectivity index (χ0n) is 16.0. The summed E-state index contributed by atoms with van der Waals surface area (Å²) in [7, 11) is 6.02. The van der Waals surface area contributed by atoms with Crippen LogP contribution in [0.15, 0.2) is 104 Å². The summed E-state index contributed by atoms with van der Waals surface area (Å²) in [6.45, 7) is 7.79. The second-order valence-electron chi connectivity index (χ2n) is 6.67. The van der Waals surface area contributed by atoms with Gasteiger partial charge in [-0.3, -0.25) is 0 Å². The van der Waals surface area contributed by atoms with Gasteiger partial charge in [0, 0.05) is 10.9 Å². The molecule has 4 rings (SSSR count). The number of hydrogen-bond donors (Lipinski definition) is 0. The highest BCUT2D eigenvalue weighted by Crippen LogP contribution is 2.33. The first kappa shape index (κ1) is 18.6. The maximum absolute atomic E-state index is 6.02. The Morgan fingerprint density at radius 3 is 2.28 bits per heavy atom. The normalized spacial score (nSPS) is 11.4. The molecule has 29 heavy (non-hydrogen) atoms. The molecule has 1 heterocycles. The van der Waals surface area contributed by atoms with E-state index in [0.717, 1.165) is 44.4 Å². The molecule has 4 aromatic rings. The van der Waals surface area contributed by atoms with Gasteiger partial charge in [0.25, 0.3) is 0 Å². The Hall–Kier alpha value is -3.72. The molecule has 0 atom stereocenters. The van der Waals surface area contributed by atoms with Gasteiger partial charge in [0.15, 0.2) is 7.85 Å². The number of benzene rings is 3. The van der Waals surface area contributed by atoms with E-state index in [1.807, 2.05) is 54.6 Å². The van der Waals surface area contributed by atoms with Crippen LogP contribution >= 0.6 is 0 Å². The van der Waals surface area contributed by atoms with Crippen LogP contribution < -0.4 is 5.72 Å². The molecule has 0 spiro atoms. The molecule has 0 aliphatic heterocycles. The van der Waals surface area contributed by atoms with Gasteiger partial charge in [0.05, 0.1) is 16.9 Å². The van der Waals surface area contributed by atoms with Gasteiger partial charge >= 0.3 is 0 Å². The Balaban J connectivity index is 2.02. The zero-order chi connectivity index (χ0) is 20.2. The van der Waals surface area contributed by atoms with Crippen LogP contribution in [-0.2, 0) is 0 Å². The summed E-state index contributed by atoms with van der Waals surface area (Å²) in [5.41, 5.74) is 7.13. The highest BCUT2D eigenvalue weighted by Gasteiger charge is 2.12. The van der Waals surface area contributed by atoms with Gasteiger partial charge in [-0.05, 0) is 46.5 Å². The topological polar surface area (TPSA) is 25.8 Å². The third kappa shape index (κ3) is 3.81. The number of fused-ring (bicyclic) bond motifs is 1. The molecule has 0 bridgehead atoms. The standard InChI is InChI=1S/C26H19BN2/c1-3-10-18(4-2)20-15-21(19-11-6-5-7-12-19)17-22(16-20)25-23-13-8-9-14-24(23)28-26(27)29-25/h3-17H,1-2H2/b18-10+. The summed E-state index contributed by atoms with van der Waals surface area (Å²) < 4.78 is 0. The van der Waals surface area contributed by atoms with Gasteiger partial charge in [0.2, 0.25) is 0 Å². The summed E-state index contributed by atoms with van der Waals surface area (Å²) in [6, 6.07) is 24.6. The van der Waals surface area contributed by atoms with Crippen LogP contribution in [0.3, 0.4) is 0 Å². The predicted octanol–water partition coefficient (Wildman–Crippen LogP) is 5.51. The average Bonchev–Trinajstić information content (AvgIpc) is 2.77. The molecule has 3 aromatic carbocycles. The van der Waals surface area contributed by atoms with Gasteiger partial charge in [-0.1, -0.05) is 79.9 Å². The van der Waals surface area contributed by atoms with E-state index in [4.69, 9.17) is 7.85 Å². The van der Waals surface area contributed by atoms with Gasteiger partial charge in [-0.25, -0.2) is 9.97 Å². The van der Waals surface area contributed by atoms with Crippen molar-refractivity contribution in [2.24, 2.45) is 0 Å². The van der Waals surface area contributed by atoms with Crippen molar-refractivity contribution in [1.82, 2.24) is 9.97 Å². The van der Waals surface area contributed by atoms with Gasteiger partial charge in [0.1, 0.15) is 0 Å². The number of hydrogen-bond acceptors (Lipinski definition) is 2. The van der Waals surface area contributed by atoms with Crippen LogP contribution in [0.25, 0.3) is 38.9 Å². The van der Waals surface area contributed by atoms with Crippen LogP contribution in [0.5, 0.6) is 0 Å². The third-order valence-electron chi connectivity index (χ3n) is 4.78. The van der Waals surface area contributed by atoms with Crippen molar-refractivity contribution in [2.75, 3.05) is 0 Å². The fraction of sp³-hybridized carbons (Fsp3) is 0. The Morgan fingerprint density at radius 2 is 1.52 bits per heavy atom. The van der Waals surface area contributed by atoms with E-state index >= 15 is 0 Å². The largest absolute Gasteiger partial charge is 0.245 e. The molecular formula is C26H19BN2. The lowest BCUT2D eigenvalue weighted by Gasteiger charge is -2.13. The molecule has 0 saturated carbocycles. The van der Waals surface area contributed by atoms with E-state index in [-0.39, 0.29) is 5.72 Å². The average molecular weight is 370 g/mol. The summed E-state index contributed by atoms with van der Waals surface area (Å²) in [5.74, 6) is 0. The quantitative estimate of drug-likeness (QED) is 0.342. The SMILES string of the molecule is [B]c1nc(-c2cc(/C(C=C)=C/C=C)cc(-c3ccccc3)c2)c2ccccc2n1. The number of nitrogens with zero attached hydrogens (tertiary/aromatic N) is 2. The Bertz CT molecular complexity index is 1240. The highest BCUT2D eigenvalue weighted by molar-refractivity contribution is 6.29. The van der Waals surface area contributed by atoms with Crippen molar-refractivity contribution in [1.29, 1.82) is 0 Å². The zero-order valence-corrected chi connectivity index (χ0v) is 16.0. The lowest BCUT2D eigenvalue weighted by atomic mass is 9.93. The summed E-state index contributed by atoms with van der Waals surface area (Å²) in [6.07, 6.45) is 5.55. The first-order valence-corrected chi connectivity index (χ1v) is 9.38. The van der Waals surface area contributed by atoms with Gasteiger partial charge in [-0.2, -0.15) is 0 Å². The van der Waals surface area contributed by atoms with E-state index < -0.39 is 0 Å². The number of aromatic nitrogens is 2. The Kier molecular flexibility index (Phi) is 5.21. The molecule has 0 amide bonds. The van der Waals surface area contributed by atoms with Crippen molar-refractivity contribution >= 4 is 30.0 Å². The maximum Gasteiger partial charge on any atom is 0.170 e. The van der Waals surface area contributed by atoms with Crippen LogP contribution in [0.2, 0.25) is 0 Å². The second-order valence-corrected chi connectivity index (χ2v) is 6.67. The molecule has 1 aromatic heterocycles. The molecule has 2 radical (unpaired) electrons. The maximum atomic E-state index is 6.02. The number of para-hydroxylation sites is 1. The minimum atomic E-state index is 0.260. The molecule has 0 unspecified atom stereocenters. The van der Waals surface area contributed by atoms with Gasteiger partial charge < -0.3 is 0 Å². The minimum absolute atomic E-state index is 0.260. The Morgan fingerprint density at radius 1 is 0.793 bits per heavy atom. The number of rotatable bonds is 5. The fourth-order valence-corrected chi connectivity index (χ4v) is 3.45. The molecule has 0 aliphatic carbocycles. The van der Waals surface area contributed by atoms with Crippen LogP contribution in [0, 0.1) is 0 Å². The monoisotopic (exact) mass is 370 g/mol. The van der Waals surface area contributed by atoms with E-state index in [9.17, 15) is 0 Å². The van der Waals surface area contributed by atoms with E-state index in [0.29, 0.717) is 0 Å². The molecule has 136 valence electrons. The third-order valence-corrected chi connectivity index (χ3v) is 4.78. The number of allylic oxidation sites excluding steroid dienone is 4. The molecule has 0 N–H and O–H groups in total. The van der Waals surface area contributed by atoms with Crippen LogP contribution in [-0.4, -0.2) is 17.8 Å². The fourth-order valence-electron chi connectivity index (χ4n) is 3.45. The van der Waals surface area contributed by atoms with Crippen molar-refractivity contribution in [2.45, 2.75) is 0 Å². The first-order valence-electron chi connectivity index (χ1n) is 9.38. The first-order chi connectivity index (χ1) is 14.2.